The van der Waals surface area contributed by atoms with E-state index in [0.29, 0.717) is 38.6 Å². The highest BCUT2D eigenvalue weighted by Gasteiger charge is 2.34. The van der Waals surface area contributed by atoms with Crippen molar-refractivity contribution in [2.75, 3.05) is 39.8 Å². The smallest absolute Gasteiger partial charge is 0.401 e. The Kier molecular flexibility index (Phi) is 6.72. The Morgan fingerprint density at radius 3 is 2.75 bits per heavy atom. The molecule has 0 aliphatic carbocycles. The first kappa shape index (κ1) is 18.4. The van der Waals surface area contributed by atoms with Crippen LogP contribution in [0, 0.1) is 0 Å². The molecule has 1 heterocycles. The third-order valence-corrected chi connectivity index (χ3v) is 3.65. The lowest BCUT2D eigenvalue weighted by Crippen LogP contribution is -2.46. The highest BCUT2D eigenvalue weighted by atomic mass is 19.4. The number of alkyl halides is 3. The predicted octanol–water partition coefficient (Wildman–Crippen LogP) is 1.87. The molecule has 1 atom stereocenters. The van der Waals surface area contributed by atoms with Crippen LogP contribution in [0.15, 0.2) is 35.3 Å². The fraction of sp³-hybridized carbons (Fsp3) is 0.562. The number of aliphatic imine (C=N–C) groups is 1. The molecule has 1 aromatic carbocycles. The first-order chi connectivity index (χ1) is 11.5. The molecule has 8 heteroatoms. The number of hydrogen-bond donors (Lipinski definition) is 2. The van der Waals surface area contributed by atoms with Crippen LogP contribution in [0.3, 0.4) is 0 Å². The number of halogens is 3. The molecular weight excluding hydrogens is 321 g/mol. The van der Waals surface area contributed by atoms with Gasteiger partial charge in [-0.1, -0.05) is 18.2 Å². The third kappa shape index (κ3) is 6.66. The van der Waals surface area contributed by atoms with Crippen LogP contribution in [0.4, 0.5) is 13.2 Å². The van der Waals surface area contributed by atoms with Crippen molar-refractivity contribution >= 4 is 5.96 Å². The summed E-state index contributed by atoms with van der Waals surface area (Å²) in [4.78, 5) is 5.50. The fourth-order valence-electron chi connectivity index (χ4n) is 2.59. The largest absolute Gasteiger partial charge is 0.492 e. The van der Waals surface area contributed by atoms with E-state index in [1.54, 1.807) is 7.05 Å². The molecule has 24 heavy (non-hydrogen) atoms. The van der Waals surface area contributed by atoms with E-state index in [-0.39, 0.29) is 6.04 Å². The molecule has 0 radical (unpaired) electrons. The van der Waals surface area contributed by atoms with E-state index in [1.165, 1.54) is 4.90 Å². The van der Waals surface area contributed by atoms with E-state index >= 15 is 0 Å². The summed E-state index contributed by atoms with van der Waals surface area (Å²) in [7, 11) is 1.63. The van der Waals surface area contributed by atoms with Gasteiger partial charge < -0.3 is 15.4 Å². The minimum absolute atomic E-state index is 0.0337. The Morgan fingerprint density at radius 1 is 1.33 bits per heavy atom. The van der Waals surface area contributed by atoms with Gasteiger partial charge in [-0.05, 0) is 18.6 Å². The van der Waals surface area contributed by atoms with Gasteiger partial charge in [0.2, 0.25) is 0 Å². The van der Waals surface area contributed by atoms with Gasteiger partial charge in [-0.3, -0.25) is 9.89 Å². The number of nitrogens with one attached hydrogen (secondary N) is 2. The van der Waals surface area contributed by atoms with Crippen molar-refractivity contribution in [2.45, 2.75) is 18.6 Å². The monoisotopic (exact) mass is 344 g/mol. The van der Waals surface area contributed by atoms with Crippen molar-refractivity contribution in [2.24, 2.45) is 4.99 Å². The van der Waals surface area contributed by atoms with Gasteiger partial charge in [-0.15, -0.1) is 0 Å². The van der Waals surface area contributed by atoms with E-state index in [9.17, 15) is 13.2 Å². The maximum Gasteiger partial charge on any atom is 0.401 e. The van der Waals surface area contributed by atoms with Gasteiger partial charge in [-0.25, -0.2) is 0 Å². The normalized spacial score (nSPS) is 19.3. The molecular formula is C16H23F3N4O. The molecule has 1 fully saturated rings. The number of ether oxygens (including phenoxy) is 1. The van der Waals surface area contributed by atoms with Crippen LogP contribution < -0.4 is 15.4 Å². The Labute approximate surface area is 139 Å². The Bertz CT molecular complexity index is 522. The summed E-state index contributed by atoms with van der Waals surface area (Å²) in [6.07, 6.45) is -3.49. The van der Waals surface area contributed by atoms with Crippen LogP contribution in [0.25, 0.3) is 0 Å². The van der Waals surface area contributed by atoms with E-state index < -0.39 is 12.7 Å². The van der Waals surface area contributed by atoms with Gasteiger partial charge in [0.15, 0.2) is 5.96 Å². The molecule has 1 unspecified atom stereocenters. The minimum atomic E-state index is -4.15. The zero-order valence-corrected chi connectivity index (χ0v) is 13.6. The number of rotatable bonds is 6. The Hall–Kier alpha value is -1.96. The lowest BCUT2D eigenvalue weighted by Gasteiger charge is -2.19. The number of guanidine groups is 1. The van der Waals surface area contributed by atoms with Crippen LogP contribution in [0.5, 0.6) is 5.75 Å². The SMILES string of the molecule is CN=C(NCCOc1ccccc1)NC1CCN(CC(F)(F)F)C1. The van der Waals surface area contributed by atoms with Crippen LogP contribution >= 0.6 is 0 Å². The van der Waals surface area contributed by atoms with E-state index in [4.69, 9.17) is 4.74 Å². The van der Waals surface area contributed by atoms with E-state index in [2.05, 4.69) is 15.6 Å². The topological polar surface area (TPSA) is 48.9 Å². The molecule has 134 valence electrons. The highest BCUT2D eigenvalue weighted by molar-refractivity contribution is 5.80. The lowest BCUT2D eigenvalue weighted by molar-refractivity contribution is -0.143. The molecule has 1 aromatic rings. The average Bonchev–Trinajstić information content (AvgIpc) is 2.96. The number of benzene rings is 1. The average molecular weight is 344 g/mol. The molecule has 2 N–H and O–H groups in total. The van der Waals surface area contributed by atoms with Crippen molar-refractivity contribution in [3.8, 4) is 5.75 Å². The summed E-state index contributed by atoms with van der Waals surface area (Å²) in [6, 6.07) is 9.43. The predicted molar refractivity (Wildman–Crippen MR) is 87.3 cm³/mol. The van der Waals surface area contributed by atoms with E-state index in [1.807, 2.05) is 30.3 Å². The van der Waals surface area contributed by atoms with Gasteiger partial charge in [0, 0.05) is 26.2 Å². The van der Waals surface area contributed by atoms with Crippen molar-refractivity contribution in [1.82, 2.24) is 15.5 Å². The maximum atomic E-state index is 12.4. The highest BCUT2D eigenvalue weighted by Crippen LogP contribution is 2.19. The summed E-state index contributed by atoms with van der Waals surface area (Å²) in [5.74, 6) is 1.37. The fourth-order valence-corrected chi connectivity index (χ4v) is 2.59. The zero-order valence-electron chi connectivity index (χ0n) is 13.6. The van der Waals surface area contributed by atoms with Crippen molar-refractivity contribution in [1.29, 1.82) is 0 Å². The summed E-state index contributed by atoms with van der Waals surface area (Å²) in [6.45, 7) is 0.956. The molecule has 1 aliphatic rings. The summed E-state index contributed by atoms with van der Waals surface area (Å²) in [5, 5.41) is 6.26. The molecule has 1 saturated heterocycles. The number of hydrogen-bond acceptors (Lipinski definition) is 3. The molecule has 1 aliphatic heterocycles. The van der Waals surface area contributed by atoms with Gasteiger partial charge >= 0.3 is 6.18 Å². The van der Waals surface area contributed by atoms with Crippen LogP contribution in [-0.4, -0.2) is 62.9 Å². The van der Waals surface area contributed by atoms with Crippen molar-refractivity contribution in [3.63, 3.8) is 0 Å². The quantitative estimate of drug-likeness (QED) is 0.470. The third-order valence-electron chi connectivity index (χ3n) is 3.65. The first-order valence-corrected chi connectivity index (χ1v) is 7.90. The number of nitrogens with zero attached hydrogens (tertiary/aromatic N) is 2. The second kappa shape index (κ2) is 8.77. The number of likely N-dealkylation sites (tertiary alicyclic amines) is 1. The first-order valence-electron chi connectivity index (χ1n) is 7.90. The Morgan fingerprint density at radius 2 is 2.08 bits per heavy atom. The molecule has 2 rings (SSSR count). The summed E-state index contributed by atoms with van der Waals surface area (Å²) in [5.41, 5.74) is 0. The van der Waals surface area contributed by atoms with E-state index in [0.717, 1.165) is 5.75 Å². The molecule has 0 aromatic heterocycles. The molecule has 0 amide bonds. The minimum Gasteiger partial charge on any atom is -0.492 e. The summed E-state index contributed by atoms with van der Waals surface area (Å²) >= 11 is 0. The second-order valence-corrected chi connectivity index (χ2v) is 5.64. The lowest BCUT2D eigenvalue weighted by atomic mass is 10.3. The van der Waals surface area contributed by atoms with Crippen LogP contribution in [0.1, 0.15) is 6.42 Å². The van der Waals surface area contributed by atoms with Crippen LogP contribution in [-0.2, 0) is 0 Å². The van der Waals surface area contributed by atoms with Crippen LogP contribution in [0.2, 0.25) is 0 Å². The Balaban J connectivity index is 1.66. The molecule has 0 bridgehead atoms. The maximum absolute atomic E-state index is 12.4. The molecule has 0 saturated carbocycles. The summed E-state index contributed by atoms with van der Waals surface area (Å²) < 4.78 is 42.8. The zero-order chi connectivity index (χ0) is 17.4. The molecule has 0 spiro atoms. The molecule has 5 nitrogen and oxygen atoms in total. The van der Waals surface area contributed by atoms with Crippen molar-refractivity contribution < 1.29 is 17.9 Å². The van der Waals surface area contributed by atoms with Crippen molar-refractivity contribution in [3.05, 3.63) is 30.3 Å². The van der Waals surface area contributed by atoms with Gasteiger partial charge in [-0.2, -0.15) is 13.2 Å². The van der Waals surface area contributed by atoms with Gasteiger partial charge in [0.05, 0.1) is 13.1 Å². The van der Waals surface area contributed by atoms with Gasteiger partial charge in [0.1, 0.15) is 12.4 Å². The standard InChI is InChI=1S/C16H23F3N4O/c1-20-15(21-8-10-24-14-5-3-2-4-6-14)22-13-7-9-23(11-13)12-16(17,18)19/h2-6,13H,7-12H2,1H3,(H2,20,21,22). The second-order valence-electron chi connectivity index (χ2n) is 5.64. The number of para-hydroxylation sites is 1. The van der Waals surface area contributed by atoms with Gasteiger partial charge in [0.25, 0.3) is 0 Å².